The SMILES string of the molecule is O=C1NC(=S)SC1=Cc1ccc(-c2ccc([N+](=O)[O-])cc2)o1. The van der Waals surface area contributed by atoms with E-state index >= 15 is 0 Å². The van der Waals surface area contributed by atoms with Gasteiger partial charge in [-0.1, -0.05) is 24.0 Å². The van der Waals surface area contributed by atoms with Gasteiger partial charge in [-0.05, 0) is 24.3 Å². The molecule has 1 fully saturated rings. The molecule has 0 atom stereocenters. The van der Waals surface area contributed by atoms with E-state index < -0.39 is 4.92 Å². The van der Waals surface area contributed by atoms with Crippen LogP contribution in [0.3, 0.4) is 0 Å². The fourth-order valence-corrected chi connectivity index (χ4v) is 2.91. The van der Waals surface area contributed by atoms with Crippen molar-refractivity contribution < 1.29 is 14.1 Å². The first-order valence-electron chi connectivity index (χ1n) is 6.12. The Morgan fingerprint density at radius 3 is 2.55 bits per heavy atom. The quantitative estimate of drug-likeness (QED) is 0.401. The van der Waals surface area contributed by atoms with E-state index in [0.29, 0.717) is 26.3 Å². The first kappa shape index (κ1) is 14.5. The lowest BCUT2D eigenvalue weighted by Crippen LogP contribution is -2.17. The summed E-state index contributed by atoms with van der Waals surface area (Å²) in [7, 11) is 0. The predicted octanol–water partition coefficient (Wildman–Crippen LogP) is 3.34. The Bertz CT molecular complexity index is 809. The first-order valence-corrected chi connectivity index (χ1v) is 7.35. The minimum Gasteiger partial charge on any atom is -0.457 e. The predicted molar refractivity (Wildman–Crippen MR) is 87.1 cm³/mol. The smallest absolute Gasteiger partial charge is 0.269 e. The second-order valence-corrected chi connectivity index (χ2v) is 6.08. The Kier molecular flexibility index (Phi) is 3.78. The van der Waals surface area contributed by atoms with E-state index in [0.717, 1.165) is 0 Å². The summed E-state index contributed by atoms with van der Waals surface area (Å²) in [4.78, 5) is 22.2. The standard InChI is InChI=1S/C14H8N2O4S2/c17-13-12(22-14(21)15-13)7-10-5-6-11(20-10)8-1-3-9(4-2-8)16(18)19/h1-7H,(H,15,17,21). The average molecular weight is 332 g/mol. The van der Waals surface area contributed by atoms with E-state index in [9.17, 15) is 14.9 Å². The lowest BCUT2D eigenvalue weighted by atomic mass is 10.1. The van der Waals surface area contributed by atoms with Crippen LogP contribution in [0.25, 0.3) is 17.4 Å². The molecule has 0 unspecified atom stereocenters. The van der Waals surface area contributed by atoms with Crippen molar-refractivity contribution in [3.63, 3.8) is 0 Å². The number of nitrogens with one attached hydrogen (secondary N) is 1. The molecule has 22 heavy (non-hydrogen) atoms. The lowest BCUT2D eigenvalue weighted by molar-refractivity contribution is -0.384. The molecule has 1 aliphatic heterocycles. The number of nitro groups is 1. The number of furan rings is 1. The zero-order valence-corrected chi connectivity index (χ0v) is 12.6. The minimum atomic E-state index is -0.458. The Hall–Kier alpha value is -2.45. The lowest BCUT2D eigenvalue weighted by Gasteiger charge is -1.96. The van der Waals surface area contributed by atoms with Gasteiger partial charge in [0.1, 0.15) is 15.8 Å². The Morgan fingerprint density at radius 2 is 1.95 bits per heavy atom. The molecule has 0 radical (unpaired) electrons. The highest BCUT2D eigenvalue weighted by atomic mass is 32.2. The second-order valence-electron chi connectivity index (χ2n) is 4.36. The fourth-order valence-electron chi connectivity index (χ4n) is 1.88. The number of thiocarbonyl (C=S) groups is 1. The van der Waals surface area contributed by atoms with Crippen molar-refractivity contribution in [3.05, 3.63) is 57.2 Å². The van der Waals surface area contributed by atoms with Crippen LogP contribution < -0.4 is 5.32 Å². The number of nitrogens with zero attached hydrogens (tertiary/aromatic N) is 1. The molecule has 1 aliphatic rings. The summed E-state index contributed by atoms with van der Waals surface area (Å²) < 4.78 is 6.05. The van der Waals surface area contributed by atoms with E-state index in [2.05, 4.69) is 5.32 Å². The fraction of sp³-hybridized carbons (Fsp3) is 0. The van der Waals surface area contributed by atoms with E-state index in [-0.39, 0.29) is 11.6 Å². The Balaban J connectivity index is 1.85. The topological polar surface area (TPSA) is 85.4 Å². The number of amides is 1. The molecule has 6 nitrogen and oxygen atoms in total. The molecule has 1 amide bonds. The third-order valence-electron chi connectivity index (χ3n) is 2.90. The van der Waals surface area contributed by atoms with Gasteiger partial charge in [-0.2, -0.15) is 0 Å². The largest absolute Gasteiger partial charge is 0.457 e. The zero-order valence-electron chi connectivity index (χ0n) is 10.9. The summed E-state index contributed by atoms with van der Waals surface area (Å²) >= 11 is 6.08. The van der Waals surface area contributed by atoms with E-state index in [1.807, 2.05) is 0 Å². The van der Waals surface area contributed by atoms with Gasteiger partial charge in [-0.25, -0.2) is 0 Å². The first-order chi connectivity index (χ1) is 10.5. The summed E-state index contributed by atoms with van der Waals surface area (Å²) in [5, 5.41) is 13.2. The van der Waals surface area contributed by atoms with Gasteiger partial charge in [0.2, 0.25) is 0 Å². The maximum absolute atomic E-state index is 11.6. The highest BCUT2D eigenvalue weighted by Gasteiger charge is 2.22. The monoisotopic (exact) mass is 332 g/mol. The minimum absolute atomic E-state index is 0.0187. The molecule has 2 aromatic rings. The van der Waals surface area contributed by atoms with Crippen LogP contribution in [0.5, 0.6) is 0 Å². The summed E-state index contributed by atoms with van der Waals surface area (Å²) in [6, 6.07) is 9.51. The Labute approximate surface area is 134 Å². The highest BCUT2D eigenvalue weighted by molar-refractivity contribution is 8.26. The van der Waals surface area contributed by atoms with Crippen molar-refractivity contribution in [1.29, 1.82) is 0 Å². The van der Waals surface area contributed by atoms with Gasteiger partial charge in [0.05, 0.1) is 9.83 Å². The molecule has 1 aromatic heterocycles. The van der Waals surface area contributed by atoms with Crippen LogP contribution in [-0.4, -0.2) is 15.2 Å². The maximum atomic E-state index is 11.6. The molecule has 0 saturated carbocycles. The number of thioether (sulfide) groups is 1. The molecule has 2 heterocycles. The van der Waals surface area contributed by atoms with Gasteiger partial charge in [-0.15, -0.1) is 0 Å². The number of hydrogen-bond acceptors (Lipinski definition) is 6. The van der Waals surface area contributed by atoms with Gasteiger partial charge in [0.15, 0.2) is 0 Å². The van der Waals surface area contributed by atoms with Crippen molar-refractivity contribution in [1.82, 2.24) is 5.32 Å². The summed E-state index contributed by atoms with van der Waals surface area (Å²) in [6.07, 6.45) is 1.61. The zero-order chi connectivity index (χ0) is 15.7. The van der Waals surface area contributed by atoms with Crippen molar-refractivity contribution in [2.75, 3.05) is 0 Å². The second kappa shape index (κ2) is 5.74. The van der Waals surface area contributed by atoms with Crippen LogP contribution in [0, 0.1) is 10.1 Å². The number of non-ortho nitro benzene ring substituents is 1. The van der Waals surface area contributed by atoms with Gasteiger partial charge < -0.3 is 9.73 Å². The van der Waals surface area contributed by atoms with E-state index in [1.54, 1.807) is 30.3 Å². The molecule has 1 saturated heterocycles. The van der Waals surface area contributed by atoms with E-state index in [1.165, 1.54) is 23.9 Å². The van der Waals surface area contributed by atoms with Gasteiger partial charge in [-0.3, -0.25) is 14.9 Å². The normalized spacial score (nSPS) is 16.1. The van der Waals surface area contributed by atoms with Crippen molar-refractivity contribution >= 4 is 46.0 Å². The van der Waals surface area contributed by atoms with Gasteiger partial charge in [0, 0.05) is 23.8 Å². The Morgan fingerprint density at radius 1 is 1.23 bits per heavy atom. The molecule has 3 rings (SSSR count). The number of rotatable bonds is 3. The van der Waals surface area contributed by atoms with Crippen molar-refractivity contribution in [3.8, 4) is 11.3 Å². The average Bonchev–Trinajstić information content (AvgIpc) is 3.06. The van der Waals surface area contributed by atoms with Crippen LogP contribution in [0.4, 0.5) is 5.69 Å². The maximum Gasteiger partial charge on any atom is 0.269 e. The van der Waals surface area contributed by atoms with Crippen LogP contribution in [0.2, 0.25) is 0 Å². The molecule has 1 N–H and O–H groups in total. The molecule has 0 spiro atoms. The number of nitro benzene ring substituents is 1. The summed E-state index contributed by atoms with van der Waals surface area (Å²) in [5.41, 5.74) is 0.736. The van der Waals surface area contributed by atoms with Crippen LogP contribution in [0.15, 0.2) is 45.7 Å². The van der Waals surface area contributed by atoms with E-state index in [4.69, 9.17) is 16.6 Å². The van der Waals surface area contributed by atoms with Gasteiger partial charge in [0.25, 0.3) is 11.6 Å². The molecule has 8 heteroatoms. The molecule has 0 aliphatic carbocycles. The number of hydrogen-bond donors (Lipinski definition) is 1. The van der Waals surface area contributed by atoms with Crippen LogP contribution in [0.1, 0.15) is 5.76 Å². The van der Waals surface area contributed by atoms with Crippen LogP contribution >= 0.6 is 24.0 Å². The number of carbonyl (C=O) groups is 1. The third kappa shape index (κ3) is 2.92. The third-order valence-corrected chi connectivity index (χ3v) is 4.07. The molecule has 1 aromatic carbocycles. The highest BCUT2D eigenvalue weighted by Crippen LogP contribution is 2.29. The van der Waals surface area contributed by atoms with Crippen molar-refractivity contribution in [2.45, 2.75) is 0 Å². The molecular formula is C14H8N2O4S2. The summed E-state index contributed by atoms with van der Waals surface area (Å²) in [6.45, 7) is 0. The van der Waals surface area contributed by atoms with Gasteiger partial charge >= 0.3 is 0 Å². The molecular weight excluding hydrogens is 324 g/mol. The van der Waals surface area contributed by atoms with Crippen molar-refractivity contribution in [2.24, 2.45) is 0 Å². The number of carbonyl (C=O) groups excluding carboxylic acids is 1. The number of benzene rings is 1. The molecule has 0 bridgehead atoms. The van der Waals surface area contributed by atoms with Crippen LogP contribution in [-0.2, 0) is 4.79 Å². The summed E-state index contributed by atoms with van der Waals surface area (Å²) in [5.74, 6) is 0.826. The molecule has 110 valence electrons.